The Bertz CT molecular complexity index is 1120. The minimum Gasteiger partial charge on any atom is -0.504 e. The molecule has 0 spiro atoms. The van der Waals surface area contributed by atoms with Gasteiger partial charge < -0.3 is 28.5 Å². The van der Waals surface area contributed by atoms with E-state index in [2.05, 4.69) is 4.90 Å². The Morgan fingerprint density at radius 3 is 2.41 bits per heavy atom. The van der Waals surface area contributed by atoms with Crippen LogP contribution in [-0.2, 0) is 0 Å². The average Bonchev–Trinajstić information content (AvgIpc) is 2.80. The van der Waals surface area contributed by atoms with Crippen molar-refractivity contribution in [1.29, 1.82) is 0 Å². The van der Waals surface area contributed by atoms with Crippen LogP contribution in [0.15, 0.2) is 45.6 Å². The van der Waals surface area contributed by atoms with Crippen LogP contribution in [0.25, 0.3) is 11.0 Å². The van der Waals surface area contributed by atoms with Gasteiger partial charge in [0.05, 0.1) is 20.3 Å². The van der Waals surface area contributed by atoms with Crippen LogP contribution in [0.2, 0.25) is 0 Å². The number of nitrogens with zero attached hydrogens (tertiary/aromatic N) is 1. The number of fused-ring (bicyclic) bond motifs is 1. The summed E-state index contributed by atoms with van der Waals surface area (Å²) in [6, 6.07) is 9.60. The van der Waals surface area contributed by atoms with E-state index in [9.17, 15) is 9.90 Å². The van der Waals surface area contributed by atoms with E-state index in [4.69, 9.17) is 23.4 Å². The molecule has 32 heavy (non-hydrogen) atoms. The van der Waals surface area contributed by atoms with E-state index in [1.165, 1.54) is 32.4 Å². The van der Waals surface area contributed by atoms with Crippen molar-refractivity contribution in [1.82, 2.24) is 4.90 Å². The number of likely N-dealkylation sites (tertiary alicyclic amines) is 1. The lowest BCUT2D eigenvalue weighted by molar-refractivity contribution is 0.180. The topological polar surface area (TPSA) is 90.6 Å². The van der Waals surface area contributed by atoms with Gasteiger partial charge in [0.1, 0.15) is 29.1 Å². The van der Waals surface area contributed by atoms with Gasteiger partial charge in [-0.2, -0.15) is 0 Å². The highest BCUT2D eigenvalue weighted by molar-refractivity contribution is 5.88. The van der Waals surface area contributed by atoms with Crippen LogP contribution in [-0.4, -0.2) is 50.5 Å². The zero-order valence-electron chi connectivity index (χ0n) is 18.3. The third-order valence-corrected chi connectivity index (χ3v) is 5.49. The van der Waals surface area contributed by atoms with Crippen LogP contribution < -0.4 is 24.4 Å². The van der Waals surface area contributed by atoms with E-state index in [0.717, 1.165) is 19.6 Å². The third kappa shape index (κ3) is 4.75. The second-order valence-electron chi connectivity index (χ2n) is 7.59. The molecule has 1 aromatic heterocycles. The number of aromatic hydroxyl groups is 1. The summed E-state index contributed by atoms with van der Waals surface area (Å²) in [6.07, 6.45) is 3.66. The minimum atomic E-state index is -0.453. The lowest BCUT2D eigenvalue weighted by Crippen LogP contribution is -2.33. The number of phenolic OH excluding ortho intramolecular Hbond substituents is 1. The van der Waals surface area contributed by atoms with E-state index >= 15 is 0 Å². The van der Waals surface area contributed by atoms with Crippen molar-refractivity contribution in [3.63, 3.8) is 0 Å². The molecule has 1 saturated heterocycles. The maximum absolute atomic E-state index is 12.7. The Kier molecular flexibility index (Phi) is 6.70. The fourth-order valence-electron chi connectivity index (χ4n) is 3.82. The predicted molar refractivity (Wildman–Crippen MR) is 120 cm³/mol. The van der Waals surface area contributed by atoms with E-state index in [-0.39, 0.29) is 28.4 Å². The molecule has 1 aliphatic rings. The Morgan fingerprint density at radius 1 is 1.00 bits per heavy atom. The van der Waals surface area contributed by atoms with Crippen molar-refractivity contribution in [2.45, 2.75) is 19.3 Å². The summed E-state index contributed by atoms with van der Waals surface area (Å²) in [5, 5.41) is 10.7. The van der Waals surface area contributed by atoms with Crippen molar-refractivity contribution in [2.24, 2.45) is 0 Å². The molecule has 0 atom stereocenters. The van der Waals surface area contributed by atoms with Gasteiger partial charge in [0.25, 0.3) is 5.95 Å². The van der Waals surface area contributed by atoms with E-state index < -0.39 is 5.43 Å². The van der Waals surface area contributed by atoms with Crippen molar-refractivity contribution in [3.05, 3.63) is 46.6 Å². The fraction of sp³-hybridized carbons (Fsp3) is 0.375. The van der Waals surface area contributed by atoms with Crippen LogP contribution >= 0.6 is 0 Å². The maximum Gasteiger partial charge on any atom is 0.294 e. The number of piperidine rings is 1. The van der Waals surface area contributed by atoms with Crippen molar-refractivity contribution in [2.75, 3.05) is 40.5 Å². The SMILES string of the molecule is COc1ccc(Oc2cc(=O)c3c(O)c(OC)c(OCCN4CCCCC4)cc3o2)cc1. The molecule has 4 rings (SSSR count). The molecule has 0 aliphatic carbocycles. The van der Waals surface area contributed by atoms with Gasteiger partial charge in [-0.15, -0.1) is 0 Å². The van der Waals surface area contributed by atoms with Gasteiger partial charge in [-0.25, -0.2) is 0 Å². The second kappa shape index (κ2) is 9.82. The Labute approximate surface area is 185 Å². The highest BCUT2D eigenvalue weighted by atomic mass is 16.6. The Hall–Kier alpha value is -3.39. The molecule has 2 aromatic carbocycles. The van der Waals surface area contributed by atoms with Crippen LogP contribution in [0.5, 0.6) is 34.7 Å². The predicted octanol–water partition coefficient (Wildman–Crippen LogP) is 4.17. The summed E-state index contributed by atoms with van der Waals surface area (Å²) in [6.45, 7) is 3.31. The zero-order chi connectivity index (χ0) is 22.5. The molecule has 1 fully saturated rings. The van der Waals surface area contributed by atoms with Gasteiger partial charge in [0.15, 0.2) is 11.5 Å². The molecule has 1 N–H and O–H groups in total. The molecular weight excluding hydrogens is 414 g/mol. The van der Waals surface area contributed by atoms with Gasteiger partial charge >= 0.3 is 0 Å². The number of ether oxygens (including phenoxy) is 4. The average molecular weight is 441 g/mol. The zero-order valence-corrected chi connectivity index (χ0v) is 18.3. The highest BCUT2D eigenvalue weighted by Gasteiger charge is 2.20. The van der Waals surface area contributed by atoms with Gasteiger partial charge in [-0.05, 0) is 50.2 Å². The standard InChI is InChI=1S/C24H27NO7/c1-28-16-6-8-17(9-7-16)31-21-14-18(26)22-19(32-21)15-20(24(29-2)23(22)27)30-13-12-25-10-4-3-5-11-25/h6-9,14-15,27H,3-5,10-13H2,1-2H3. The molecule has 0 unspecified atom stereocenters. The summed E-state index contributed by atoms with van der Waals surface area (Å²) < 4.78 is 27.8. The minimum absolute atomic E-state index is 0.00324. The van der Waals surface area contributed by atoms with E-state index in [1.54, 1.807) is 37.4 Å². The van der Waals surface area contributed by atoms with Crippen LogP contribution in [0.1, 0.15) is 19.3 Å². The normalized spacial score (nSPS) is 14.3. The first kappa shape index (κ1) is 21.8. The largest absolute Gasteiger partial charge is 0.504 e. The summed E-state index contributed by atoms with van der Waals surface area (Å²) >= 11 is 0. The van der Waals surface area contributed by atoms with Crippen molar-refractivity contribution >= 4 is 11.0 Å². The van der Waals surface area contributed by atoms with Crippen LogP contribution in [0.4, 0.5) is 0 Å². The van der Waals surface area contributed by atoms with E-state index in [1.807, 2.05) is 0 Å². The second-order valence-corrected chi connectivity index (χ2v) is 7.59. The summed E-state index contributed by atoms with van der Waals surface area (Å²) in [5.74, 6) is 1.25. The summed E-state index contributed by atoms with van der Waals surface area (Å²) in [4.78, 5) is 15.0. The first-order valence-electron chi connectivity index (χ1n) is 10.6. The van der Waals surface area contributed by atoms with Gasteiger partial charge in [-0.1, -0.05) is 6.42 Å². The first-order valence-corrected chi connectivity index (χ1v) is 10.6. The number of hydrogen-bond acceptors (Lipinski definition) is 8. The lowest BCUT2D eigenvalue weighted by Gasteiger charge is -2.26. The highest BCUT2D eigenvalue weighted by Crippen LogP contribution is 2.42. The number of methoxy groups -OCH3 is 2. The lowest BCUT2D eigenvalue weighted by atomic mass is 10.1. The van der Waals surface area contributed by atoms with Crippen molar-refractivity contribution in [3.8, 4) is 34.7 Å². The van der Waals surface area contributed by atoms with Crippen LogP contribution in [0, 0.1) is 0 Å². The maximum atomic E-state index is 12.7. The fourth-order valence-corrected chi connectivity index (χ4v) is 3.82. The number of phenols is 1. The van der Waals surface area contributed by atoms with Gasteiger partial charge in [0, 0.05) is 12.6 Å². The van der Waals surface area contributed by atoms with Crippen LogP contribution in [0.3, 0.4) is 0 Å². The summed E-state index contributed by atoms with van der Waals surface area (Å²) in [7, 11) is 2.99. The number of hydrogen-bond donors (Lipinski definition) is 1. The molecule has 0 radical (unpaired) electrons. The molecule has 170 valence electrons. The van der Waals surface area contributed by atoms with Crippen molar-refractivity contribution < 1.29 is 28.5 Å². The monoisotopic (exact) mass is 441 g/mol. The molecule has 8 nitrogen and oxygen atoms in total. The third-order valence-electron chi connectivity index (χ3n) is 5.49. The number of rotatable bonds is 8. The molecule has 0 saturated carbocycles. The number of benzene rings is 2. The first-order chi connectivity index (χ1) is 15.6. The molecule has 2 heterocycles. The molecule has 1 aliphatic heterocycles. The Morgan fingerprint density at radius 2 is 1.72 bits per heavy atom. The molecular formula is C24H27NO7. The van der Waals surface area contributed by atoms with Gasteiger partial charge in [0.2, 0.25) is 11.2 Å². The van der Waals surface area contributed by atoms with E-state index in [0.29, 0.717) is 23.9 Å². The quantitative estimate of drug-likeness (QED) is 0.557. The smallest absolute Gasteiger partial charge is 0.294 e. The molecule has 0 amide bonds. The molecule has 3 aromatic rings. The summed E-state index contributed by atoms with van der Waals surface area (Å²) in [5.41, 5.74) is -0.308. The van der Waals surface area contributed by atoms with Gasteiger partial charge in [-0.3, -0.25) is 9.69 Å². The Balaban J connectivity index is 1.59. The molecule has 0 bridgehead atoms. The molecule has 8 heteroatoms.